The van der Waals surface area contributed by atoms with Crippen molar-refractivity contribution >= 4 is 37.1 Å². The van der Waals surface area contributed by atoms with Gasteiger partial charge in [-0.2, -0.15) is 0 Å². The van der Waals surface area contributed by atoms with E-state index in [2.05, 4.69) is 21.3 Å². The number of nitrogens with two attached hydrogens (primary N) is 1. The standard InChI is InChI=1S/C22H30N5O8P/c23-16(28)10-15-19(30)24-11-17(29)26-18(14-6-4-13(5-7-14)12-36(33,34)35)20(31)27-22(21(32)25-15)8-2-1-3-9-22/h4-7,15,18H,1-3,8-12H2,(H2,23,28)(H,24,30)(H,25,32)(H,26,29)(H,27,31)(H2,33,34,35)/t15-,18+/m0/s1. The first kappa shape index (κ1) is 27.3. The van der Waals surface area contributed by atoms with Gasteiger partial charge >= 0.3 is 7.60 Å². The van der Waals surface area contributed by atoms with Crippen LogP contribution in [0.15, 0.2) is 24.3 Å². The van der Waals surface area contributed by atoms with Crippen molar-refractivity contribution in [2.45, 2.75) is 62.3 Å². The van der Waals surface area contributed by atoms with Crippen LogP contribution in [0.25, 0.3) is 0 Å². The molecule has 1 aliphatic heterocycles. The molecule has 0 bridgehead atoms. The largest absolute Gasteiger partial charge is 0.370 e. The highest BCUT2D eigenvalue weighted by molar-refractivity contribution is 7.50. The van der Waals surface area contributed by atoms with E-state index in [-0.39, 0.29) is 12.8 Å². The zero-order chi connectivity index (χ0) is 26.5. The molecule has 0 radical (unpaired) electrons. The van der Waals surface area contributed by atoms with E-state index in [1.54, 1.807) is 0 Å². The molecule has 5 amide bonds. The summed E-state index contributed by atoms with van der Waals surface area (Å²) in [5.74, 6) is -3.59. The number of nitrogens with one attached hydrogen (secondary N) is 4. The number of primary amides is 1. The minimum Gasteiger partial charge on any atom is -0.370 e. The van der Waals surface area contributed by atoms with E-state index in [0.29, 0.717) is 24.0 Å². The molecule has 1 aromatic rings. The van der Waals surface area contributed by atoms with E-state index in [0.717, 1.165) is 6.42 Å². The number of amides is 5. The molecule has 2 aliphatic rings. The smallest absolute Gasteiger partial charge is 0.329 e. The lowest BCUT2D eigenvalue weighted by atomic mass is 9.80. The van der Waals surface area contributed by atoms with Crippen LogP contribution >= 0.6 is 7.60 Å². The van der Waals surface area contributed by atoms with Gasteiger partial charge in [0, 0.05) is 0 Å². The number of carbonyl (C=O) groups excluding carboxylic acids is 5. The van der Waals surface area contributed by atoms with E-state index in [1.807, 2.05) is 0 Å². The molecule has 36 heavy (non-hydrogen) atoms. The number of hydrogen-bond acceptors (Lipinski definition) is 6. The Bertz CT molecular complexity index is 1080. The highest BCUT2D eigenvalue weighted by Gasteiger charge is 2.44. The fraction of sp³-hybridized carbons (Fsp3) is 0.500. The van der Waals surface area contributed by atoms with Gasteiger partial charge in [0.05, 0.1) is 19.1 Å². The van der Waals surface area contributed by atoms with Gasteiger partial charge in [-0.15, -0.1) is 0 Å². The molecule has 8 N–H and O–H groups in total. The van der Waals surface area contributed by atoms with Gasteiger partial charge in [0.15, 0.2) is 0 Å². The molecule has 1 spiro atoms. The second-order valence-corrected chi connectivity index (χ2v) is 10.8. The van der Waals surface area contributed by atoms with Gasteiger partial charge in [0.2, 0.25) is 29.5 Å². The topological polar surface area (TPSA) is 217 Å². The second kappa shape index (κ2) is 11.2. The Morgan fingerprint density at radius 1 is 1.00 bits per heavy atom. The number of carbonyl (C=O) groups is 5. The van der Waals surface area contributed by atoms with Crippen molar-refractivity contribution in [2.24, 2.45) is 5.73 Å². The zero-order valence-electron chi connectivity index (χ0n) is 19.5. The summed E-state index contributed by atoms with van der Waals surface area (Å²) in [6.45, 7) is -0.533. The Morgan fingerprint density at radius 3 is 2.22 bits per heavy atom. The van der Waals surface area contributed by atoms with Crippen molar-refractivity contribution in [3.05, 3.63) is 35.4 Å². The molecule has 1 aliphatic carbocycles. The van der Waals surface area contributed by atoms with Crippen LogP contribution in [0.5, 0.6) is 0 Å². The van der Waals surface area contributed by atoms with E-state index in [4.69, 9.17) is 5.73 Å². The maximum absolute atomic E-state index is 13.4. The van der Waals surface area contributed by atoms with Crippen LogP contribution in [0.3, 0.4) is 0 Å². The summed E-state index contributed by atoms with van der Waals surface area (Å²) in [4.78, 5) is 81.9. The predicted molar refractivity (Wildman–Crippen MR) is 126 cm³/mol. The minimum atomic E-state index is -4.30. The third kappa shape index (κ3) is 7.12. The van der Waals surface area contributed by atoms with Gasteiger partial charge in [-0.1, -0.05) is 43.5 Å². The van der Waals surface area contributed by atoms with Crippen molar-refractivity contribution in [3.63, 3.8) is 0 Å². The molecule has 1 heterocycles. The highest BCUT2D eigenvalue weighted by Crippen LogP contribution is 2.39. The van der Waals surface area contributed by atoms with Gasteiger partial charge in [0.25, 0.3) is 0 Å². The van der Waals surface area contributed by atoms with Gasteiger partial charge in [-0.3, -0.25) is 28.5 Å². The summed E-state index contributed by atoms with van der Waals surface area (Å²) >= 11 is 0. The SMILES string of the molecule is NC(=O)C[C@@H]1NC(=O)C2(CCCCC2)NC(=O)[C@@H](c2ccc(CP(=O)(O)O)cc2)NC(=O)CNC1=O. The Hall–Kier alpha value is -3.28. The molecular weight excluding hydrogens is 493 g/mol. The monoisotopic (exact) mass is 523 g/mol. The average molecular weight is 523 g/mol. The maximum atomic E-state index is 13.4. The van der Waals surface area contributed by atoms with E-state index < -0.39 is 73.9 Å². The molecule has 13 nitrogen and oxygen atoms in total. The van der Waals surface area contributed by atoms with Crippen LogP contribution in [0.2, 0.25) is 0 Å². The molecule has 1 saturated carbocycles. The molecule has 3 rings (SSSR count). The fourth-order valence-corrected chi connectivity index (χ4v) is 5.12. The van der Waals surface area contributed by atoms with Gasteiger partial charge < -0.3 is 36.8 Å². The lowest BCUT2D eigenvalue weighted by Gasteiger charge is -2.39. The Labute approximate surface area is 207 Å². The van der Waals surface area contributed by atoms with Crippen LogP contribution in [0.4, 0.5) is 0 Å². The normalized spacial score (nSPS) is 23.4. The minimum absolute atomic E-state index is 0.289. The number of rotatable bonds is 5. The molecule has 2 atom stereocenters. The molecule has 2 fully saturated rings. The van der Waals surface area contributed by atoms with Gasteiger partial charge in [-0.25, -0.2) is 0 Å². The average Bonchev–Trinajstić information content (AvgIpc) is 2.79. The molecular formula is C22H30N5O8P. The van der Waals surface area contributed by atoms with Gasteiger partial charge in [-0.05, 0) is 24.0 Å². The first-order valence-corrected chi connectivity index (χ1v) is 13.3. The summed E-state index contributed by atoms with van der Waals surface area (Å²) in [6.07, 6.45) is 1.72. The highest BCUT2D eigenvalue weighted by atomic mass is 31.2. The lowest BCUT2D eigenvalue weighted by molar-refractivity contribution is -0.140. The van der Waals surface area contributed by atoms with Crippen LogP contribution in [0.1, 0.15) is 55.7 Å². The Balaban J connectivity index is 1.94. The Morgan fingerprint density at radius 2 is 1.64 bits per heavy atom. The van der Waals surface area contributed by atoms with Crippen LogP contribution in [0, 0.1) is 0 Å². The third-order valence-corrected chi connectivity index (χ3v) is 7.00. The van der Waals surface area contributed by atoms with E-state index in [9.17, 15) is 38.3 Å². The van der Waals surface area contributed by atoms with E-state index >= 15 is 0 Å². The van der Waals surface area contributed by atoms with Crippen molar-refractivity contribution < 1.29 is 38.3 Å². The third-order valence-electron chi connectivity index (χ3n) is 6.22. The zero-order valence-corrected chi connectivity index (χ0v) is 20.4. The summed E-state index contributed by atoms with van der Waals surface area (Å²) in [6, 6.07) is 3.22. The lowest BCUT2D eigenvalue weighted by Crippen LogP contribution is -2.65. The summed E-state index contributed by atoms with van der Waals surface area (Å²) < 4.78 is 11.3. The molecule has 1 aromatic carbocycles. The molecule has 1 saturated heterocycles. The number of benzene rings is 1. The van der Waals surface area contributed by atoms with Crippen LogP contribution in [-0.2, 0) is 34.7 Å². The van der Waals surface area contributed by atoms with Crippen molar-refractivity contribution in [3.8, 4) is 0 Å². The Kier molecular flexibility index (Phi) is 8.49. The molecule has 0 aromatic heterocycles. The summed E-state index contributed by atoms with van der Waals surface area (Å²) in [5.41, 5.74) is 4.52. The maximum Gasteiger partial charge on any atom is 0.329 e. The summed E-state index contributed by atoms with van der Waals surface area (Å²) in [7, 11) is -4.30. The molecule has 196 valence electrons. The fourth-order valence-electron chi connectivity index (χ4n) is 4.44. The van der Waals surface area contributed by atoms with Crippen molar-refractivity contribution in [1.82, 2.24) is 21.3 Å². The first-order chi connectivity index (χ1) is 16.9. The molecule has 0 unspecified atom stereocenters. The van der Waals surface area contributed by atoms with Gasteiger partial charge in [0.1, 0.15) is 17.6 Å². The van der Waals surface area contributed by atoms with Crippen LogP contribution < -0.4 is 27.0 Å². The van der Waals surface area contributed by atoms with Crippen LogP contribution in [-0.4, -0.2) is 57.4 Å². The quantitative estimate of drug-likeness (QED) is 0.233. The summed E-state index contributed by atoms with van der Waals surface area (Å²) in [5, 5.41) is 10.2. The van der Waals surface area contributed by atoms with E-state index in [1.165, 1.54) is 24.3 Å². The number of hydrogen-bond donors (Lipinski definition) is 7. The predicted octanol–water partition coefficient (Wildman–Crippen LogP) is -1.17. The second-order valence-electron chi connectivity index (χ2n) is 9.11. The molecule has 14 heteroatoms. The van der Waals surface area contributed by atoms with Crippen molar-refractivity contribution in [1.29, 1.82) is 0 Å². The van der Waals surface area contributed by atoms with Crippen molar-refractivity contribution in [2.75, 3.05) is 6.54 Å². The first-order valence-electron chi connectivity index (χ1n) is 11.5.